The van der Waals surface area contributed by atoms with E-state index in [0.717, 1.165) is 5.56 Å². The molecule has 1 N–H and O–H groups in total. The number of nitrogens with zero attached hydrogens (tertiary/aromatic N) is 2. The molecule has 2 saturated heterocycles. The lowest BCUT2D eigenvalue weighted by Gasteiger charge is -2.43. The second-order valence-corrected chi connectivity index (χ2v) is 6.42. The van der Waals surface area contributed by atoms with Gasteiger partial charge in [0.15, 0.2) is 0 Å². The van der Waals surface area contributed by atoms with E-state index in [4.69, 9.17) is 5.26 Å². The standard InChI is InChI=1S/C18H25N3/c1-14(16-7-4-6-15(12-16)13-19)21-11-3-2-9-18(21)17-8-5-10-20-17/h4,6-7,12,14,17-18,20H,2-3,5,8-11H2,1H3. The fourth-order valence-corrected chi connectivity index (χ4v) is 3.99. The molecule has 21 heavy (non-hydrogen) atoms. The van der Waals surface area contributed by atoms with Crippen LogP contribution in [0, 0.1) is 11.3 Å². The summed E-state index contributed by atoms with van der Waals surface area (Å²) in [5.74, 6) is 0. The quantitative estimate of drug-likeness (QED) is 0.925. The van der Waals surface area contributed by atoms with Crippen molar-refractivity contribution >= 4 is 0 Å². The molecule has 1 aromatic carbocycles. The summed E-state index contributed by atoms with van der Waals surface area (Å²) in [7, 11) is 0. The van der Waals surface area contributed by atoms with Gasteiger partial charge in [-0.1, -0.05) is 18.6 Å². The molecule has 0 aliphatic carbocycles. The van der Waals surface area contributed by atoms with E-state index in [1.807, 2.05) is 12.1 Å². The minimum absolute atomic E-state index is 0.394. The fraction of sp³-hybridized carbons (Fsp3) is 0.611. The minimum Gasteiger partial charge on any atom is -0.312 e. The zero-order valence-corrected chi connectivity index (χ0v) is 12.9. The molecule has 0 saturated carbocycles. The normalized spacial score (nSPS) is 28.2. The molecule has 3 rings (SSSR count). The molecule has 0 spiro atoms. The number of hydrogen-bond donors (Lipinski definition) is 1. The van der Waals surface area contributed by atoms with Crippen LogP contribution in [0.3, 0.4) is 0 Å². The lowest BCUT2D eigenvalue weighted by Crippen LogP contribution is -2.50. The van der Waals surface area contributed by atoms with Crippen LogP contribution in [0.1, 0.15) is 56.2 Å². The number of rotatable bonds is 3. The van der Waals surface area contributed by atoms with E-state index in [-0.39, 0.29) is 0 Å². The highest BCUT2D eigenvalue weighted by Gasteiger charge is 2.34. The molecular weight excluding hydrogens is 258 g/mol. The third kappa shape index (κ3) is 3.12. The van der Waals surface area contributed by atoms with Crippen LogP contribution < -0.4 is 5.32 Å². The van der Waals surface area contributed by atoms with Gasteiger partial charge in [-0.15, -0.1) is 0 Å². The third-order valence-corrected chi connectivity index (χ3v) is 5.15. The number of nitriles is 1. The highest BCUT2D eigenvalue weighted by Crippen LogP contribution is 2.32. The zero-order valence-electron chi connectivity index (χ0n) is 12.9. The molecule has 3 heteroatoms. The predicted octanol–water partition coefficient (Wildman–Crippen LogP) is 3.23. The predicted molar refractivity (Wildman–Crippen MR) is 84.9 cm³/mol. The molecule has 3 atom stereocenters. The molecular formula is C18H25N3. The van der Waals surface area contributed by atoms with Crippen molar-refractivity contribution in [2.45, 2.75) is 57.2 Å². The van der Waals surface area contributed by atoms with Gasteiger partial charge in [0, 0.05) is 18.1 Å². The molecule has 0 bridgehead atoms. The molecule has 3 unspecified atom stereocenters. The molecule has 2 aliphatic rings. The van der Waals surface area contributed by atoms with Crippen molar-refractivity contribution in [1.82, 2.24) is 10.2 Å². The number of hydrogen-bond acceptors (Lipinski definition) is 3. The van der Waals surface area contributed by atoms with Crippen LogP contribution >= 0.6 is 0 Å². The summed E-state index contributed by atoms with van der Waals surface area (Å²) in [5.41, 5.74) is 2.05. The van der Waals surface area contributed by atoms with Gasteiger partial charge in [0.1, 0.15) is 0 Å². The summed E-state index contributed by atoms with van der Waals surface area (Å²) >= 11 is 0. The van der Waals surface area contributed by atoms with E-state index in [1.165, 1.54) is 50.8 Å². The maximum atomic E-state index is 9.11. The van der Waals surface area contributed by atoms with E-state index in [0.29, 0.717) is 18.1 Å². The van der Waals surface area contributed by atoms with Crippen molar-refractivity contribution in [3.8, 4) is 6.07 Å². The first-order valence-electron chi connectivity index (χ1n) is 8.29. The van der Waals surface area contributed by atoms with Gasteiger partial charge in [0.2, 0.25) is 0 Å². The van der Waals surface area contributed by atoms with Gasteiger partial charge >= 0.3 is 0 Å². The van der Waals surface area contributed by atoms with Crippen molar-refractivity contribution in [2.24, 2.45) is 0 Å². The second-order valence-electron chi connectivity index (χ2n) is 6.42. The van der Waals surface area contributed by atoms with E-state index in [1.54, 1.807) is 0 Å². The summed E-state index contributed by atoms with van der Waals surface area (Å²) in [5, 5.41) is 12.8. The van der Waals surface area contributed by atoms with Crippen LogP contribution in [0.4, 0.5) is 0 Å². The van der Waals surface area contributed by atoms with Crippen LogP contribution in [-0.4, -0.2) is 30.1 Å². The van der Waals surface area contributed by atoms with E-state index >= 15 is 0 Å². The van der Waals surface area contributed by atoms with Crippen LogP contribution in [0.2, 0.25) is 0 Å². The van der Waals surface area contributed by atoms with E-state index in [9.17, 15) is 0 Å². The number of benzene rings is 1. The van der Waals surface area contributed by atoms with Crippen LogP contribution in [0.15, 0.2) is 24.3 Å². The van der Waals surface area contributed by atoms with Gasteiger partial charge in [0.25, 0.3) is 0 Å². The average Bonchev–Trinajstić information content (AvgIpc) is 3.08. The average molecular weight is 283 g/mol. The van der Waals surface area contributed by atoms with Crippen molar-refractivity contribution in [1.29, 1.82) is 5.26 Å². The Morgan fingerprint density at radius 2 is 2.19 bits per heavy atom. The lowest BCUT2D eigenvalue weighted by atomic mass is 9.91. The maximum Gasteiger partial charge on any atom is 0.0991 e. The summed E-state index contributed by atoms with van der Waals surface area (Å²) in [6.45, 7) is 4.65. The van der Waals surface area contributed by atoms with Gasteiger partial charge in [-0.2, -0.15) is 5.26 Å². The van der Waals surface area contributed by atoms with Gasteiger partial charge in [-0.3, -0.25) is 4.90 Å². The Hall–Kier alpha value is -1.37. The Morgan fingerprint density at radius 1 is 1.29 bits per heavy atom. The van der Waals surface area contributed by atoms with Crippen molar-refractivity contribution in [3.05, 3.63) is 35.4 Å². The molecule has 1 aromatic rings. The van der Waals surface area contributed by atoms with Crippen molar-refractivity contribution in [3.63, 3.8) is 0 Å². The van der Waals surface area contributed by atoms with Gasteiger partial charge in [0.05, 0.1) is 11.6 Å². The highest BCUT2D eigenvalue weighted by atomic mass is 15.2. The Morgan fingerprint density at radius 3 is 2.95 bits per heavy atom. The Balaban J connectivity index is 1.80. The van der Waals surface area contributed by atoms with Crippen molar-refractivity contribution in [2.75, 3.05) is 13.1 Å². The zero-order chi connectivity index (χ0) is 14.7. The van der Waals surface area contributed by atoms with Gasteiger partial charge < -0.3 is 5.32 Å². The van der Waals surface area contributed by atoms with E-state index in [2.05, 4.69) is 35.3 Å². The Labute approximate surface area is 128 Å². The summed E-state index contributed by atoms with van der Waals surface area (Å²) in [6.07, 6.45) is 6.58. The van der Waals surface area contributed by atoms with Crippen LogP contribution in [-0.2, 0) is 0 Å². The minimum atomic E-state index is 0.394. The molecule has 2 fully saturated rings. The molecule has 0 radical (unpaired) electrons. The monoisotopic (exact) mass is 283 g/mol. The van der Waals surface area contributed by atoms with Crippen molar-refractivity contribution < 1.29 is 0 Å². The highest BCUT2D eigenvalue weighted by molar-refractivity contribution is 5.34. The Bertz CT molecular complexity index is 513. The first-order chi connectivity index (χ1) is 10.3. The fourth-order valence-electron chi connectivity index (χ4n) is 3.99. The number of likely N-dealkylation sites (tertiary alicyclic amines) is 1. The topological polar surface area (TPSA) is 39.1 Å². The summed E-state index contributed by atoms with van der Waals surface area (Å²) in [4.78, 5) is 2.67. The van der Waals surface area contributed by atoms with Gasteiger partial charge in [-0.05, 0) is 63.4 Å². The van der Waals surface area contributed by atoms with E-state index < -0.39 is 0 Å². The van der Waals surface area contributed by atoms with Crippen LogP contribution in [0.25, 0.3) is 0 Å². The third-order valence-electron chi connectivity index (χ3n) is 5.15. The molecule has 2 heterocycles. The summed E-state index contributed by atoms with van der Waals surface area (Å²) < 4.78 is 0. The Kier molecular flexibility index (Phi) is 4.57. The smallest absolute Gasteiger partial charge is 0.0991 e. The second kappa shape index (κ2) is 6.60. The van der Waals surface area contributed by atoms with Gasteiger partial charge in [-0.25, -0.2) is 0 Å². The summed E-state index contributed by atoms with van der Waals surface area (Å²) in [6, 6.07) is 12.1. The van der Waals surface area contributed by atoms with Crippen LogP contribution in [0.5, 0.6) is 0 Å². The molecule has 0 amide bonds. The molecule has 3 nitrogen and oxygen atoms in total. The maximum absolute atomic E-state index is 9.11. The first-order valence-corrected chi connectivity index (χ1v) is 8.29. The molecule has 0 aromatic heterocycles. The molecule has 112 valence electrons. The SMILES string of the molecule is CC(c1cccc(C#N)c1)N1CCCCC1C1CCCN1. The number of piperidine rings is 1. The number of nitrogens with one attached hydrogen (secondary N) is 1. The first kappa shape index (κ1) is 14.6. The lowest BCUT2D eigenvalue weighted by molar-refractivity contribution is 0.0803. The molecule has 2 aliphatic heterocycles. The largest absolute Gasteiger partial charge is 0.312 e.